The van der Waals surface area contributed by atoms with Crippen LogP contribution in [0.3, 0.4) is 0 Å². The summed E-state index contributed by atoms with van der Waals surface area (Å²) in [5, 5.41) is 15.5. The van der Waals surface area contributed by atoms with Crippen molar-refractivity contribution >= 4 is 11.5 Å². The first-order chi connectivity index (χ1) is 14.7. The molecule has 0 atom stereocenters. The van der Waals surface area contributed by atoms with Gasteiger partial charge in [-0.2, -0.15) is 4.98 Å². The molecule has 0 aliphatic heterocycles. The summed E-state index contributed by atoms with van der Waals surface area (Å²) >= 11 is 0. The van der Waals surface area contributed by atoms with Crippen molar-refractivity contribution in [2.24, 2.45) is 0 Å². The van der Waals surface area contributed by atoms with Crippen LogP contribution in [0.1, 0.15) is 0 Å². The lowest BCUT2D eigenvalue weighted by Gasteiger charge is -2.14. The number of hydrogen-bond donors (Lipinski definition) is 1. The van der Waals surface area contributed by atoms with Gasteiger partial charge in [0.25, 0.3) is 5.89 Å². The first-order valence-corrected chi connectivity index (χ1v) is 9.02. The summed E-state index contributed by atoms with van der Waals surface area (Å²) < 4.78 is 21.4. The first kappa shape index (κ1) is 19.2. The van der Waals surface area contributed by atoms with Crippen LogP contribution >= 0.6 is 0 Å². The standard InChI is InChI=1S/C21H19N5O4/c1-27-16-11-14(12-17(28-2)19(16)29-3)22-18-10-9-15(24-25-18)21-23-20(26-30-21)13-7-5-4-6-8-13/h4-12H,1-3H3,(H,22,25). The number of rotatable bonds is 7. The summed E-state index contributed by atoms with van der Waals surface area (Å²) in [5.41, 5.74) is 2.04. The number of hydrogen-bond acceptors (Lipinski definition) is 9. The van der Waals surface area contributed by atoms with Gasteiger partial charge in [0, 0.05) is 23.4 Å². The van der Waals surface area contributed by atoms with Gasteiger partial charge in [0.05, 0.1) is 21.3 Å². The second-order valence-electron chi connectivity index (χ2n) is 6.13. The second-order valence-corrected chi connectivity index (χ2v) is 6.13. The SMILES string of the molecule is COc1cc(Nc2ccc(-c3nc(-c4ccccc4)no3)nn2)cc(OC)c1OC. The van der Waals surface area contributed by atoms with Crippen molar-refractivity contribution < 1.29 is 18.7 Å². The van der Waals surface area contributed by atoms with Crippen molar-refractivity contribution in [3.8, 4) is 40.2 Å². The molecule has 1 N–H and O–H groups in total. The molecule has 2 heterocycles. The molecule has 0 unspecified atom stereocenters. The molecule has 4 rings (SSSR count). The van der Waals surface area contributed by atoms with E-state index in [9.17, 15) is 0 Å². The Labute approximate surface area is 172 Å². The van der Waals surface area contributed by atoms with Crippen LogP contribution in [0, 0.1) is 0 Å². The Kier molecular flexibility index (Phi) is 5.42. The van der Waals surface area contributed by atoms with Gasteiger partial charge in [0.2, 0.25) is 11.6 Å². The van der Waals surface area contributed by atoms with E-state index in [0.29, 0.717) is 46.2 Å². The topological polar surface area (TPSA) is 104 Å². The van der Waals surface area contributed by atoms with E-state index in [4.69, 9.17) is 18.7 Å². The molecule has 4 aromatic rings. The molecular formula is C21H19N5O4. The Bertz CT molecular complexity index is 1100. The highest BCUT2D eigenvalue weighted by Gasteiger charge is 2.15. The van der Waals surface area contributed by atoms with Gasteiger partial charge in [-0.25, -0.2) is 0 Å². The van der Waals surface area contributed by atoms with Crippen molar-refractivity contribution in [2.45, 2.75) is 0 Å². The van der Waals surface area contributed by atoms with E-state index in [1.807, 2.05) is 30.3 Å². The number of aromatic nitrogens is 4. The molecule has 0 saturated carbocycles. The highest BCUT2D eigenvalue weighted by atomic mass is 16.5. The summed E-state index contributed by atoms with van der Waals surface area (Å²) in [4.78, 5) is 4.38. The second kappa shape index (κ2) is 8.48. The van der Waals surface area contributed by atoms with Crippen LogP contribution in [0.15, 0.2) is 59.1 Å². The van der Waals surface area contributed by atoms with Gasteiger partial charge < -0.3 is 24.1 Å². The number of anilines is 2. The molecule has 0 fully saturated rings. The van der Waals surface area contributed by atoms with Crippen LogP contribution in [0.2, 0.25) is 0 Å². The number of methoxy groups -OCH3 is 3. The van der Waals surface area contributed by atoms with Gasteiger partial charge >= 0.3 is 0 Å². The smallest absolute Gasteiger partial charge is 0.278 e. The van der Waals surface area contributed by atoms with E-state index >= 15 is 0 Å². The summed E-state index contributed by atoms with van der Waals surface area (Å²) in [6, 6.07) is 16.6. The monoisotopic (exact) mass is 405 g/mol. The molecule has 0 amide bonds. The van der Waals surface area contributed by atoms with Gasteiger partial charge in [-0.05, 0) is 12.1 Å². The molecule has 152 valence electrons. The van der Waals surface area contributed by atoms with Crippen LogP contribution in [0.25, 0.3) is 23.0 Å². The molecule has 0 bridgehead atoms. The van der Waals surface area contributed by atoms with Crippen LogP contribution < -0.4 is 19.5 Å². The van der Waals surface area contributed by atoms with Crippen molar-refractivity contribution in [1.29, 1.82) is 0 Å². The van der Waals surface area contributed by atoms with E-state index in [1.54, 1.807) is 45.6 Å². The summed E-state index contributed by atoms with van der Waals surface area (Å²) in [6.07, 6.45) is 0. The fraction of sp³-hybridized carbons (Fsp3) is 0.143. The average molecular weight is 405 g/mol. The van der Waals surface area contributed by atoms with E-state index < -0.39 is 0 Å². The van der Waals surface area contributed by atoms with Crippen LogP contribution in [-0.4, -0.2) is 41.7 Å². The summed E-state index contributed by atoms with van der Waals surface area (Å²) in [5.74, 6) is 2.88. The van der Waals surface area contributed by atoms with Gasteiger partial charge in [-0.1, -0.05) is 35.5 Å². The molecule has 0 aliphatic carbocycles. The average Bonchev–Trinajstić information content (AvgIpc) is 3.30. The number of nitrogens with one attached hydrogen (secondary N) is 1. The van der Waals surface area contributed by atoms with Crippen molar-refractivity contribution in [3.63, 3.8) is 0 Å². The molecule has 9 nitrogen and oxygen atoms in total. The highest BCUT2D eigenvalue weighted by molar-refractivity contribution is 5.67. The molecule has 0 aliphatic rings. The minimum absolute atomic E-state index is 0.292. The van der Waals surface area contributed by atoms with Gasteiger partial charge in [-0.15, -0.1) is 10.2 Å². The zero-order valence-corrected chi connectivity index (χ0v) is 16.6. The zero-order valence-electron chi connectivity index (χ0n) is 16.6. The normalized spacial score (nSPS) is 10.5. The Morgan fingerprint density at radius 3 is 2.17 bits per heavy atom. The first-order valence-electron chi connectivity index (χ1n) is 9.02. The van der Waals surface area contributed by atoms with Crippen LogP contribution in [0.4, 0.5) is 11.5 Å². The van der Waals surface area contributed by atoms with E-state index in [0.717, 1.165) is 5.56 Å². The Morgan fingerprint density at radius 2 is 1.57 bits per heavy atom. The molecule has 9 heteroatoms. The molecule has 2 aromatic heterocycles. The molecule has 30 heavy (non-hydrogen) atoms. The largest absolute Gasteiger partial charge is 0.493 e. The number of benzene rings is 2. The van der Waals surface area contributed by atoms with Crippen molar-refractivity contribution in [1.82, 2.24) is 20.3 Å². The fourth-order valence-electron chi connectivity index (χ4n) is 2.85. The maximum absolute atomic E-state index is 5.36. The lowest BCUT2D eigenvalue weighted by molar-refractivity contribution is 0.324. The quantitative estimate of drug-likeness (QED) is 0.489. The van der Waals surface area contributed by atoms with E-state index in [2.05, 4.69) is 25.7 Å². The van der Waals surface area contributed by atoms with Crippen LogP contribution in [0.5, 0.6) is 17.2 Å². The van der Waals surface area contributed by atoms with Crippen molar-refractivity contribution in [2.75, 3.05) is 26.6 Å². The predicted octanol–water partition coefficient (Wildman–Crippen LogP) is 3.96. The van der Waals surface area contributed by atoms with E-state index in [-0.39, 0.29) is 0 Å². The molecule has 0 saturated heterocycles. The zero-order chi connectivity index (χ0) is 20.9. The third-order valence-electron chi connectivity index (χ3n) is 4.28. The summed E-state index contributed by atoms with van der Waals surface area (Å²) in [6.45, 7) is 0. The lowest BCUT2D eigenvalue weighted by Crippen LogP contribution is -2.00. The molecule has 0 radical (unpaired) electrons. The maximum atomic E-state index is 5.36. The minimum atomic E-state index is 0.292. The maximum Gasteiger partial charge on any atom is 0.278 e. The molecule has 2 aromatic carbocycles. The predicted molar refractivity (Wildman–Crippen MR) is 110 cm³/mol. The summed E-state index contributed by atoms with van der Waals surface area (Å²) in [7, 11) is 4.67. The molecular weight excluding hydrogens is 386 g/mol. The van der Waals surface area contributed by atoms with Gasteiger partial charge in [-0.3, -0.25) is 0 Å². The number of nitrogens with zero attached hydrogens (tertiary/aromatic N) is 4. The Morgan fingerprint density at radius 1 is 0.833 bits per heavy atom. The highest BCUT2D eigenvalue weighted by Crippen LogP contribution is 2.40. The number of ether oxygens (including phenoxy) is 3. The third kappa shape index (κ3) is 3.86. The lowest BCUT2D eigenvalue weighted by atomic mass is 10.2. The van der Waals surface area contributed by atoms with Gasteiger partial charge in [0.15, 0.2) is 23.0 Å². The third-order valence-corrected chi connectivity index (χ3v) is 4.28. The minimum Gasteiger partial charge on any atom is -0.493 e. The van der Waals surface area contributed by atoms with Crippen LogP contribution in [-0.2, 0) is 0 Å². The van der Waals surface area contributed by atoms with Gasteiger partial charge in [0.1, 0.15) is 0 Å². The Hall–Kier alpha value is -4.14. The Balaban J connectivity index is 1.54. The molecule has 0 spiro atoms. The fourth-order valence-corrected chi connectivity index (χ4v) is 2.85. The van der Waals surface area contributed by atoms with E-state index in [1.165, 1.54) is 0 Å². The van der Waals surface area contributed by atoms with Crippen molar-refractivity contribution in [3.05, 3.63) is 54.6 Å².